The van der Waals surface area contributed by atoms with Gasteiger partial charge in [-0.25, -0.2) is 4.39 Å². The van der Waals surface area contributed by atoms with Gasteiger partial charge < -0.3 is 9.84 Å². The lowest BCUT2D eigenvalue weighted by atomic mass is 9.92. The van der Waals surface area contributed by atoms with Gasteiger partial charge in [0.15, 0.2) is 0 Å². The van der Waals surface area contributed by atoms with Crippen LogP contribution < -0.4 is 0 Å². The highest BCUT2D eigenvalue weighted by atomic mass is 19.4. The molecule has 0 aliphatic carbocycles. The highest BCUT2D eigenvalue weighted by molar-refractivity contribution is 5.73. The van der Waals surface area contributed by atoms with Crippen molar-refractivity contribution in [3.8, 4) is 0 Å². The van der Waals surface area contributed by atoms with Gasteiger partial charge in [0, 0.05) is 0 Å². The summed E-state index contributed by atoms with van der Waals surface area (Å²) in [5, 5.41) is 9.97. The molecule has 0 radical (unpaired) electrons. The summed E-state index contributed by atoms with van der Waals surface area (Å²) in [5.41, 5.74) is -1.66. The van der Waals surface area contributed by atoms with Gasteiger partial charge in [-0.2, -0.15) is 13.2 Å². The number of benzene rings is 1. The number of hydrogen-bond donors (Lipinski definition) is 1. The monoisotopic (exact) mass is 294 g/mol. The number of carbonyl (C=O) groups is 1. The minimum absolute atomic E-state index is 0.173. The molecule has 1 aromatic rings. The highest BCUT2D eigenvalue weighted by Crippen LogP contribution is 2.34. The lowest BCUT2D eigenvalue weighted by Crippen LogP contribution is -2.23. The minimum atomic E-state index is -4.87. The average molecular weight is 294 g/mol. The maximum atomic E-state index is 13.1. The molecule has 2 atom stereocenters. The van der Waals surface area contributed by atoms with Crippen molar-refractivity contribution in [2.75, 3.05) is 7.11 Å². The molecular formula is C13H14F4O3. The van der Waals surface area contributed by atoms with Crippen LogP contribution in [0.25, 0.3) is 0 Å². The summed E-state index contributed by atoms with van der Waals surface area (Å²) >= 11 is 0. The van der Waals surface area contributed by atoms with Crippen LogP contribution in [-0.2, 0) is 15.7 Å². The predicted octanol–water partition coefficient (Wildman–Crippen LogP) is 3.08. The molecule has 3 nitrogen and oxygen atoms in total. The van der Waals surface area contributed by atoms with Crippen molar-refractivity contribution in [3.63, 3.8) is 0 Å². The molecule has 0 aliphatic heterocycles. The van der Waals surface area contributed by atoms with Crippen LogP contribution in [0.4, 0.5) is 17.6 Å². The van der Waals surface area contributed by atoms with Gasteiger partial charge in [0.2, 0.25) is 0 Å². The number of esters is 1. The number of halogens is 4. The SMILES string of the molecule is CCC(C(=O)OC)C(O)c1ccc(F)c(C(F)(F)F)c1. The molecule has 20 heavy (non-hydrogen) atoms. The van der Waals surface area contributed by atoms with Crippen molar-refractivity contribution in [1.82, 2.24) is 0 Å². The molecule has 0 saturated heterocycles. The van der Waals surface area contributed by atoms with Crippen molar-refractivity contribution in [1.29, 1.82) is 0 Å². The van der Waals surface area contributed by atoms with E-state index in [0.29, 0.717) is 12.1 Å². The van der Waals surface area contributed by atoms with Gasteiger partial charge in [-0.1, -0.05) is 13.0 Å². The number of carbonyl (C=O) groups excluding carboxylic acids is 1. The summed E-state index contributed by atoms with van der Waals surface area (Å²) < 4.78 is 55.4. The van der Waals surface area contributed by atoms with E-state index in [4.69, 9.17) is 0 Å². The molecule has 7 heteroatoms. The van der Waals surface area contributed by atoms with Gasteiger partial charge in [0.1, 0.15) is 5.82 Å². The number of hydrogen-bond acceptors (Lipinski definition) is 3. The fraction of sp³-hybridized carbons (Fsp3) is 0.462. The first-order valence-electron chi connectivity index (χ1n) is 5.84. The van der Waals surface area contributed by atoms with Crippen LogP contribution in [-0.4, -0.2) is 18.2 Å². The molecular weight excluding hydrogens is 280 g/mol. The molecule has 1 rings (SSSR count). The van der Waals surface area contributed by atoms with Crippen LogP contribution in [0.5, 0.6) is 0 Å². The van der Waals surface area contributed by atoms with Gasteiger partial charge in [-0.15, -0.1) is 0 Å². The van der Waals surface area contributed by atoms with Crippen LogP contribution in [0.1, 0.15) is 30.6 Å². The minimum Gasteiger partial charge on any atom is -0.469 e. The quantitative estimate of drug-likeness (QED) is 0.685. The third-order valence-electron chi connectivity index (χ3n) is 2.96. The Morgan fingerprint density at radius 1 is 1.40 bits per heavy atom. The summed E-state index contributed by atoms with van der Waals surface area (Å²) in [6.07, 6.45) is -6.19. The smallest absolute Gasteiger partial charge is 0.419 e. The van der Waals surface area contributed by atoms with Crippen LogP contribution >= 0.6 is 0 Å². The molecule has 0 aromatic heterocycles. The van der Waals surface area contributed by atoms with Gasteiger partial charge >= 0.3 is 12.1 Å². The first-order valence-corrected chi connectivity index (χ1v) is 5.84. The molecule has 0 fully saturated rings. The molecule has 0 heterocycles. The Bertz CT molecular complexity index is 485. The molecule has 1 aromatic carbocycles. The Labute approximate surface area is 113 Å². The zero-order valence-electron chi connectivity index (χ0n) is 10.9. The van der Waals surface area contributed by atoms with E-state index in [-0.39, 0.29) is 12.0 Å². The molecule has 2 unspecified atom stereocenters. The van der Waals surface area contributed by atoms with Crippen LogP contribution in [0.2, 0.25) is 0 Å². The van der Waals surface area contributed by atoms with E-state index >= 15 is 0 Å². The van der Waals surface area contributed by atoms with E-state index in [9.17, 15) is 27.5 Å². The number of aliphatic hydroxyl groups is 1. The standard InChI is InChI=1S/C13H14F4O3/c1-3-8(12(19)20-2)11(18)7-4-5-10(14)9(6-7)13(15,16)17/h4-6,8,11,18H,3H2,1-2H3. The average Bonchev–Trinajstić information content (AvgIpc) is 2.38. The molecule has 0 saturated carbocycles. The van der Waals surface area contributed by atoms with Crippen LogP contribution in [0, 0.1) is 11.7 Å². The van der Waals surface area contributed by atoms with E-state index in [1.807, 2.05) is 0 Å². The zero-order chi connectivity index (χ0) is 15.5. The number of ether oxygens (including phenoxy) is 1. The Morgan fingerprint density at radius 2 is 2.00 bits per heavy atom. The maximum absolute atomic E-state index is 13.1. The van der Waals surface area contributed by atoms with Crippen molar-refractivity contribution < 1.29 is 32.2 Å². The van der Waals surface area contributed by atoms with Crippen molar-refractivity contribution >= 4 is 5.97 Å². The Morgan fingerprint density at radius 3 is 2.45 bits per heavy atom. The summed E-state index contributed by atoms with van der Waals surface area (Å²) in [6.45, 7) is 1.58. The lowest BCUT2D eigenvalue weighted by Gasteiger charge is -2.20. The lowest BCUT2D eigenvalue weighted by molar-refractivity contribution is -0.149. The van der Waals surface area contributed by atoms with Crippen molar-refractivity contribution in [2.24, 2.45) is 5.92 Å². The number of rotatable bonds is 4. The fourth-order valence-corrected chi connectivity index (χ4v) is 1.85. The Kier molecular flexibility index (Phi) is 5.10. The molecule has 112 valence electrons. The Hall–Kier alpha value is -1.63. The molecule has 1 N–H and O–H groups in total. The molecule has 0 bridgehead atoms. The van der Waals surface area contributed by atoms with Crippen molar-refractivity contribution in [2.45, 2.75) is 25.6 Å². The number of alkyl halides is 3. The topological polar surface area (TPSA) is 46.5 Å². The second-order valence-corrected chi connectivity index (χ2v) is 4.22. The van der Waals surface area contributed by atoms with Crippen LogP contribution in [0.3, 0.4) is 0 Å². The fourth-order valence-electron chi connectivity index (χ4n) is 1.85. The first-order chi connectivity index (χ1) is 9.22. The normalized spacial score (nSPS) is 14.8. The van der Waals surface area contributed by atoms with Crippen LogP contribution in [0.15, 0.2) is 18.2 Å². The maximum Gasteiger partial charge on any atom is 0.419 e. The van der Waals surface area contributed by atoms with E-state index in [0.717, 1.165) is 13.2 Å². The van der Waals surface area contributed by atoms with E-state index in [2.05, 4.69) is 4.74 Å². The zero-order valence-corrected chi connectivity index (χ0v) is 10.9. The second kappa shape index (κ2) is 6.21. The van der Waals surface area contributed by atoms with E-state index < -0.39 is 35.5 Å². The Balaban J connectivity index is 3.17. The van der Waals surface area contributed by atoms with E-state index in [1.165, 1.54) is 0 Å². The summed E-state index contributed by atoms with van der Waals surface area (Å²) in [7, 11) is 1.11. The second-order valence-electron chi connectivity index (χ2n) is 4.22. The van der Waals surface area contributed by atoms with Gasteiger partial charge in [0.25, 0.3) is 0 Å². The van der Waals surface area contributed by atoms with Gasteiger partial charge in [0.05, 0.1) is 24.7 Å². The van der Waals surface area contributed by atoms with Crippen molar-refractivity contribution in [3.05, 3.63) is 35.1 Å². The highest BCUT2D eigenvalue weighted by Gasteiger charge is 2.36. The largest absolute Gasteiger partial charge is 0.469 e. The number of methoxy groups -OCH3 is 1. The summed E-state index contributed by atoms with van der Waals surface area (Å²) in [4.78, 5) is 11.4. The summed E-state index contributed by atoms with van der Waals surface area (Å²) in [6, 6.07) is 2.14. The molecule has 0 aliphatic rings. The summed E-state index contributed by atoms with van der Waals surface area (Å²) in [5.74, 6) is -3.18. The third kappa shape index (κ3) is 3.47. The predicted molar refractivity (Wildman–Crippen MR) is 62.2 cm³/mol. The molecule has 0 amide bonds. The third-order valence-corrected chi connectivity index (χ3v) is 2.96. The molecule has 0 spiro atoms. The first kappa shape index (κ1) is 16.4. The number of aliphatic hydroxyl groups excluding tert-OH is 1. The van der Waals surface area contributed by atoms with Gasteiger partial charge in [-0.3, -0.25) is 4.79 Å². The van der Waals surface area contributed by atoms with Gasteiger partial charge in [-0.05, 0) is 24.1 Å². The van der Waals surface area contributed by atoms with E-state index in [1.54, 1.807) is 6.92 Å².